The molecule has 0 bridgehead atoms. The summed E-state index contributed by atoms with van der Waals surface area (Å²) in [6.07, 6.45) is 18.3. The van der Waals surface area contributed by atoms with E-state index in [2.05, 4.69) is 71.1 Å². The van der Waals surface area contributed by atoms with E-state index in [4.69, 9.17) is 0 Å². The van der Waals surface area contributed by atoms with Crippen LogP contribution in [0, 0.1) is 42.4 Å². The Kier molecular flexibility index (Phi) is 9.32. The molecule has 1 saturated carbocycles. The predicted molar refractivity (Wildman–Crippen MR) is 160 cm³/mol. The molecular weight excluding hydrogens is 464 g/mol. The van der Waals surface area contributed by atoms with Crippen molar-refractivity contribution in [2.45, 2.75) is 106 Å². The number of ketones is 2. The van der Waals surface area contributed by atoms with Gasteiger partial charge in [-0.05, 0) is 98.0 Å². The second-order valence-electron chi connectivity index (χ2n) is 13.1. The van der Waals surface area contributed by atoms with E-state index >= 15 is 0 Å². The van der Waals surface area contributed by atoms with Crippen molar-refractivity contribution in [1.82, 2.24) is 0 Å². The zero-order chi connectivity index (χ0) is 27.6. The molecule has 4 atom stereocenters. The number of benzene rings is 1. The molecule has 1 aromatic rings. The van der Waals surface area contributed by atoms with Crippen LogP contribution < -0.4 is 0 Å². The molecule has 2 nitrogen and oxygen atoms in total. The fraction of sp³-hybridized carbons (Fsp3) is 0.611. The summed E-state index contributed by atoms with van der Waals surface area (Å²) in [4.78, 5) is 26.9. The molecule has 4 unspecified atom stereocenters. The molecule has 2 heteroatoms. The van der Waals surface area contributed by atoms with Gasteiger partial charge in [0.15, 0.2) is 5.78 Å². The largest absolute Gasteiger partial charge is 0.299 e. The van der Waals surface area contributed by atoms with Crippen molar-refractivity contribution < 1.29 is 9.59 Å². The van der Waals surface area contributed by atoms with E-state index in [0.717, 1.165) is 73.6 Å². The Bertz CT molecular complexity index is 1120. The first-order valence-corrected chi connectivity index (χ1v) is 15.4. The molecule has 3 aliphatic carbocycles. The van der Waals surface area contributed by atoms with Crippen molar-refractivity contribution in [2.75, 3.05) is 0 Å². The molecule has 0 aliphatic heterocycles. The number of fused-ring (bicyclic) bond motifs is 1. The highest BCUT2D eigenvalue weighted by Gasteiger charge is 2.34. The lowest BCUT2D eigenvalue weighted by molar-refractivity contribution is -0.123. The highest BCUT2D eigenvalue weighted by atomic mass is 16.1. The Morgan fingerprint density at radius 2 is 1.74 bits per heavy atom. The van der Waals surface area contributed by atoms with E-state index in [1.165, 1.54) is 11.1 Å². The van der Waals surface area contributed by atoms with Crippen LogP contribution in [0.4, 0.5) is 0 Å². The quantitative estimate of drug-likeness (QED) is 0.291. The smallest absolute Gasteiger partial charge is 0.166 e. The lowest BCUT2D eigenvalue weighted by Crippen LogP contribution is -2.23. The summed E-state index contributed by atoms with van der Waals surface area (Å²) in [6.45, 7) is 15.0. The van der Waals surface area contributed by atoms with Crippen LogP contribution in [-0.4, -0.2) is 11.6 Å². The fourth-order valence-electron chi connectivity index (χ4n) is 6.88. The van der Waals surface area contributed by atoms with Gasteiger partial charge in [0.2, 0.25) is 0 Å². The summed E-state index contributed by atoms with van der Waals surface area (Å²) in [6, 6.07) is 4.45. The molecular formula is C36H50O2. The Hall–Kier alpha value is -2.22. The van der Waals surface area contributed by atoms with Gasteiger partial charge in [0, 0.05) is 29.2 Å². The Labute approximate surface area is 232 Å². The van der Waals surface area contributed by atoms with Gasteiger partial charge in [0.1, 0.15) is 5.78 Å². The van der Waals surface area contributed by atoms with Crippen LogP contribution in [0.1, 0.15) is 126 Å². The lowest BCUT2D eigenvalue weighted by atomic mass is 9.75. The number of Topliss-reactive ketones (excluding diaryl/α,β-unsaturated/α-hetero) is 2. The molecule has 38 heavy (non-hydrogen) atoms. The van der Waals surface area contributed by atoms with Crippen molar-refractivity contribution in [3.05, 3.63) is 64.3 Å². The van der Waals surface area contributed by atoms with Gasteiger partial charge < -0.3 is 0 Å². The van der Waals surface area contributed by atoms with E-state index in [1.807, 2.05) is 13.8 Å². The van der Waals surface area contributed by atoms with E-state index < -0.39 is 0 Å². The zero-order valence-corrected chi connectivity index (χ0v) is 25.0. The van der Waals surface area contributed by atoms with Crippen LogP contribution in [0.2, 0.25) is 0 Å². The van der Waals surface area contributed by atoms with Crippen molar-refractivity contribution in [3.8, 4) is 0 Å². The van der Waals surface area contributed by atoms with Crippen molar-refractivity contribution in [2.24, 2.45) is 35.5 Å². The molecule has 0 saturated heterocycles. The van der Waals surface area contributed by atoms with Crippen molar-refractivity contribution in [3.63, 3.8) is 0 Å². The highest BCUT2D eigenvalue weighted by molar-refractivity contribution is 6.02. The second-order valence-corrected chi connectivity index (χ2v) is 13.1. The fourth-order valence-corrected chi connectivity index (χ4v) is 6.88. The van der Waals surface area contributed by atoms with Crippen LogP contribution in [0.25, 0.3) is 5.57 Å². The minimum Gasteiger partial charge on any atom is -0.299 e. The summed E-state index contributed by atoms with van der Waals surface area (Å²) >= 11 is 0. The van der Waals surface area contributed by atoms with Crippen molar-refractivity contribution in [1.29, 1.82) is 0 Å². The van der Waals surface area contributed by atoms with Crippen LogP contribution >= 0.6 is 0 Å². The van der Waals surface area contributed by atoms with Gasteiger partial charge in [-0.25, -0.2) is 0 Å². The number of allylic oxidation sites excluding steroid dienone is 6. The number of aryl methyl sites for hydroxylation is 1. The van der Waals surface area contributed by atoms with Crippen LogP contribution in [-0.2, 0) is 4.79 Å². The van der Waals surface area contributed by atoms with Gasteiger partial charge >= 0.3 is 0 Å². The first kappa shape index (κ1) is 28.8. The summed E-state index contributed by atoms with van der Waals surface area (Å²) < 4.78 is 0. The van der Waals surface area contributed by atoms with Crippen LogP contribution in [0.3, 0.4) is 0 Å². The number of hydrogen-bond donors (Lipinski definition) is 0. The Morgan fingerprint density at radius 3 is 2.34 bits per heavy atom. The maximum Gasteiger partial charge on any atom is 0.166 e. The molecule has 3 aliphatic rings. The lowest BCUT2D eigenvalue weighted by Gasteiger charge is -2.29. The van der Waals surface area contributed by atoms with Crippen molar-refractivity contribution >= 4 is 17.1 Å². The molecule has 0 amide bonds. The third kappa shape index (κ3) is 6.32. The topological polar surface area (TPSA) is 34.1 Å². The first-order valence-electron chi connectivity index (χ1n) is 15.4. The molecule has 0 aromatic heterocycles. The third-order valence-electron chi connectivity index (χ3n) is 9.70. The van der Waals surface area contributed by atoms with Crippen LogP contribution in [0.5, 0.6) is 0 Å². The van der Waals surface area contributed by atoms with E-state index in [1.54, 1.807) is 0 Å². The summed E-state index contributed by atoms with van der Waals surface area (Å²) in [5, 5.41) is 0. The van der Waals surface area contributed by atoms with Gasteiger partial charge in [0.25, 0.3) is 0 Å². The monoisotopic (exact) mass is 514 g/mol. The van der Waals surface area contributed by atoms with E-state index in [-0.39, 0.29) is 23.5 Å². The van der Waals surface area contributed by atoms with E-state index in [9.17, 15) is 9.59 Å². The average Bonchev–Trinajstić information content (AvgIpc) is 3.25. The normalized spacial score (nSPS) is 26.5. The molecule has 0 radical (unpaired) electrons. The highest BCUT2D eigenvalue weighted by Crippen LogP contribution is 2.45. The molecule has 1 aromatic carbocycles. The van der Waals surface area contributed by atoms with Gasteiger partial charge in [-0.2, -0.15) is 0 Å². The van der Waals surface area contributed by atoms with Gasteiger partial charge in [0.05, 0.1) is 0 Å². The molecule has 0 spiro atoms. The number of rotatable bonds is 10. The third-order valence-corrected chi connectivity index (χ3v) is 9.70. The zero-order valence-electron chi connectivity index (χ0n) is 25.0. The minimum absolute atomic E-state index is 0.00738. The second kappa shape index (κ2) is 12.3. The molecule has 4 rings (SSSR count). The Balaban J connectivity index is 1.52. The van der Waals surface area contributed by atoms with Gasteiger partial charge in [-0.3, -0.25) is 9.59 Å². The first-order chi connectivity index (χ1) is 18.1. The summed E-state index contributed by atoms with van der Waals surface area (Å²) in [5.41, 5.74) is 7.11. The number of carbonyl (C=O) groups is 2. The maximum atomic E-state index is 13.9. The molecule has 0 N–H and O–H groups in total. The van der Waals surface area contributed by atoms with Crippen LogP contribution in [0.15, 0.2) is 42.0 Å². The van der Waals surface area contributed by atoms with Gasteiger partial charge in [-0.15, -0.1) is 0 Å². The predicted octanol–water partition coefficient (Wildman–Crippen LogP) is 9.67. The summed E-state index contributed by atoms with van der Waals surface area (Å²) in [7, 11) is 0. The number of carbonyl (C=O) groups excluding carboxylic acids is 2. The minimum atomic E-state index is -0.136. The molecule has 206 valence electrons. The molecule has 1 fully saturated rings. The van der Waals surface area contributed by atoms with Gasteiger partial charge in [-0.1, -0.05) is 83.9 Å². The maximum absolute atomic E-state index is 13.9. The van der Waals surface area contributed by atoms with E-state index in [0.29, 0.717) is 29.5 Å². The average molecular weight is 515 g/mol. The standard InChI is InChI=1S/C36H50O2/c1-8-23(4)17-30-20-32(26(7)35(37)22(2)3)34-21-31(25(6)18-33(30)34)36(38)29-15-13-28(14-16-29)19-27-11-9-24(5)10-12-27/h9,11-12,18,20-24,26,28-30H,8,10,13-17,19H2,1-7H3. The number of hydrogen-bond acceptors (Lipinski definition) is 2. The summed E-state index contributed by atoms with van der Waals surface area (Å²) in [5.74, 6) is 2.92. The molecule has 0 heterocycles. The Morgan fingerprint density at radius 1 is 1.03 bits per heavy atom. The SMILES string of the molecule is CCC(C)CC1C=C(C(C)C(=O)C(C)C)c2cc(C(=O)C3CCC(CC4=CCC(C)C=C4)CC3)c(C)cc21.